The first-order chi connectivity index (χ1) is 12.2. The lowest BCUT2D eigenvalue weighted by atomic mass is 10.1. The number of carbonyl (C=O) groups is 1. The van der Waals surface area contributed by atoms with Gasteiger partial charge >= 0.3 is 0 Å². The predicted molar refractivity (Wildman–Crippen MR) is 104 cm³/mol. The highest BCUT2D eigenvalue weighted by Gasteiger charge is 2.29. The van der Waals surface area contributed by atoms with E-state index in [1.165, 1.54) is 38.8 Å². The van der Waals surface area contributed by atoms with E-state index >= 15 is 0 Å². The van der Waals surface area contributed by atoms with Crippen LogP contribution in [0.5, 0.6) is 0 Å². The van der Waals surface area contributed by atoms with E-state index in [9.17, 15) is 4.79 Å². The molecule has 2 aromatic rings. The van der Waals surface area contributed by atoms with Crippen molar-refractivity contribution in [2.24, 2.45) is 0 Å². The molecule has 0 spiro atoms. The summed E-state index contributed by atoms with van der Waals surface area (Å²) in [6.07, 6.45) is 5.32. The summed E-state index contributed by atoms with van der Waals surface area (Å²) in [5.74, 6) is -0.00862. The maximum atomic E-state index is 12.0. The van der Waals surface area contributed by atoms with Crippen LogP contribution in [0.15, 0.2) is 18.2 Å². The van der Waals surface area contributed by atoms with E-state index in [0.29, 0.717) is 12.6 Å². The Morgan fingerprint density at radius 2 is 2.12 bits per heavy atom. The minimum absolute atomic E-state index is 0.00862. The lowest BCUT2D eigenvalue weighted by Gasteiger charge is -2.32. The van der Waals surface area contributed by atoms with Gasteiger partial charge in [-0.05, 0) is 57.5 Å². The number of aromatic nitrogens is 1. The monoisotopic (exact) mass is 358 g/mol. The van der Waals surface area contributed by atoms with Crippen molar-refractivity contribution in [1.29, 1.82) is 0 Å². The van der Waals surface area contributed by atoms with E-state index in [4.69, 9.17) is 4.98 Å². The number of rotatable bonds is 4. The summed E-state index contributed by atoms with van der Waals surface area (Å²) >= 11 is 1.71. The van der Waals surface area contributed by atoms with Crippen LogP contribution < -0.4 is 10.2 Å². The number of piperidine rings is 1. The second kappa shape index (κ2) is 7.30. The van der Waals surface area contributed by atoms with Crippen LogP contribution in [0.1, 0.15) is 43.0 Å². The van der Waals surface area contributed by atoms with Crippen molar-refractivity contribution in [2.45, 2.75) is 38.6 Å². The molecule has 2 aliphatic rings. The molecule has 1 atom stereocenters. The zero-order valence-electron chi connectivity index (χ0n) is 14.8. The molecule has 5 nitrogen and oxygen atoms in total. The second-order valence-electron chi connectivity index (χ2n) is 7.02. The van der Waals surface area contributed by atoms with E-state index in [1.807, 2.05) is 25.1 Å². The van der Waals surface area contributed by atoms with Crippen LogP contribution in [-0.2, 0) is 0 Å². The summed E-state index contributed by atoms with van der Waals surface area (Å²) in [5.41, 5.74) is 1.71. The standard InChI is InChI=1S/C19H26N4OS/c1-2-20-18(24)14-6-7-16-17(12-14)25-19(21-16)23-11-8-15(13-23)22-9-4-3-5-10-22/h6-7,12,15H,2-5,8-11,13H2,1H3,(H,20,24). The SMILES string of the molecule is CCNC(=O)c1ccc2nc(N3CCC(N4CCCCC4)C3)sc2c1. The lowest BCUT2D eigenvalue weighted by molar-refractivity contribution is 0.0956. The van der Waals surface area contributed by atoms with Crippen LogP contribution in [0.4, 0.5) is 5.13 Å². The van der Waals surface area contributed by atoms with Gasteiger partial charge in [-0.25, -0.2) is 4.98 Å². The van der Waals surface area contributed by atoms with Crippen molar-refractivity contribution in [3.8, 4) is 0 Å². The zero-order valence-corrected chi connectivity index (χ0v) is 15.6. The Hall–Kier alpha value is -1.66. The molecule has 1 amide bonds. The van der Waals surface area contributed by atoms with Crippen molar-refractivity contribution in [1.82, 2.24) is 15.2 Å². The number of hydrogen-bond acceptors (Lipinski definition) is 5. The minimum atomic E-state index is -0.00862. The number of anilines is 1. The first-order valence-corrected chi connectivity index (χ1v) is 10.2. The van der Waals surface area contributed by atoms with Crippen LogP contribution >= 0.6 is 11.3 Å². The Morgan fingerprint density at radius 3 is 2.92 bits per heavy atom. The summed E-state index contributed by atoms with van der Waals surface area (Å²) in [4.78, 5) is 21.9. The lowest BCUT2D eigenvalue weighted by Crippen LogP contribution is -2.40. The minimum Gasteiger partial charge on any atom is -0.352 e. The van der Waals surface area contributed by atoms with E-state index in [-0.39, 0.29) is 5.91 Å². The third-order valence-corrected chi connectivity index (χ3v) is 6.40. The fourth-order valence-corrected chi connectivity index (χ4v) is 4.99. The average Bonchev–Trinajstić information content (AvgIpc) is 3.29. The molecule has 25 heavy (non-hydrogen) atoms. The maximum absolute atomic E-state index is 12.0. The molecule has 0 aliphatic carbocycles. The van der Waals surface area contributed by atoms with E-state index in [1.54, 1.807) is 11.3 Å². The summed E-state index contributed by atoms with van der Waals surface area (Å²) < 4.78 is 1.10. The predicted octanol–water partition coefficient (Wildman–Crippen LogP) is 3.11. The highest BCUT2D eigenvalue weighted by atomic mass is 32.1. The molecule has 0 saturated carbocycles. The number of likely N-dealkylation sites (tertiary alicyclic amines) is 1. The largest absolute Gasteiger partial charge is 0.352 e. The summed E-state index contributed by atoms with van der Waals surface area (Å²) in [7, 11) is 0. The van der Waals surface area contributed by atoms with Crippen LogP contribution in [-0.4, -0.2) is 54.6 Å². The molecule has 1 aromatic heterocycles. The first kappa shape index (κ1) is 16.8. The molecule has 0 radical (unpaired) electrons. The van der Waals surface area contributed by atoms with Gasteiger partial charge in [0.2, 0.25) is 0 Å². The Labute approximate surface area is 153 Å². The van der Waals surface area contributed by atoms with Crippen molar-refractivity contribution in [3.63, 3.8) is 0 Å². The number of carbonyl (C=O) groups excluding carboxylic acids is 1. The number of benzene rings is 1. The molecule has 2 aliphatic heterocycles. The third-order valence-electron chi connectivity index (χ3n) is 5.32. The van der Waals surface area contributed by atoms with Crippen molar-refractivity contribution in [2.75, 3.05) is 37.6 Å². The topological polar surface area (TPSA) is 48.5 Å². The summed E-state index contributed by atoms with van der Waals surface area (Å²) in [6, 6.07) is 6.49. The first-order valence-electron chi connectivity index (χ1n) is 9.42. The van der Waals surface area contributed by atoms with Crippen LogP contribution in [0, 0.1) is 0 Å². The van der Waals surface area contributed by atoms with Gasteiger partial charge < -0.3 is 10.2 Å². The van der Waals surface area contributed by atoms with E-state index in [2.05, 4.69) is 15.1 Å². The van der Waals surface area contributed by atoms with Gasteiger partial charge in [0, 0.05) is 31.2 Å². The molecule has 1 N–H and O–H groups in total. The number of nitrogens with one attached hydrogen (secondary N) is 1. The highest BCUT2D eigenvalue weighted by molar-refractivity contribution is 7.22. The highest BCUT2D eigenvalue weighted by Crippen LogP contribution is 2.32. The molecule has 4 rings (SSSR count). The van der Waals surface area contributed by atoms with Gasteiger partial charge in [-0.3, -0.25) is 9.69 Å². The Morgan fingerprint density at radius 1 is 1.28 bits per heavy atom. The number of amides is 1. The molecular formula is C19H26N4OS. The number of thiazole rings is 1. The van der Waals surface area contributed by atoms with Gasteiger partial charge in [0.25, 0.3) is 5.91 Å². The van der Waals surface area contributed by atoms with Crippen molar-refractivity contribution in [3.05, 3.63) is 23.8 Å². The Kier molecular flexibility index (Phi) is 4.90. The van der Waals surface area contributed by atoms with E-state index in [0.717, 1.165) is 34.0 Å². The van der Waals surface area contributed by atoms with Gasteiger partial charge in [-0.1, -0.05) is 17.8 Å². The number of nitrogens with zero attached hydrogens (tertiary/aromatic N) is 3. The fraction of sp³-hybridized carbons (Fsp3) is 0.579. The van der Waals surface area contributed by atoms with Crippen LogP contribution in [0.2, 0.25) is 0 Å². The molecule has 6 heteroatoms. The van der Waals surface area contributed by atoms with E-state index < -0.39 is 0 Å². The van der Waals surface area contributed by atoms with Crippen molar-refractivity contribution < 1.29 is 4.79 Å². The Bertz CT molecular complexity index is 753. The molecule has 1 unspecified atom stereocenters. The van der Waals surface area contributed by atoms with Crippen LogP contribution in [0.25, 0.3) is 10.2 Å². The average molecular weight is 359 g/mol. The normalized spacial score (nSPS) is 21.8. The Balaban J connectivity index is 1.49. The fourth-order valence-electron chi connectivity index (χ4n) is 3.95. The number of fused-ring (bicyclic) bond motifs is 1. The van der Waals surface area contributed by atoms with Gasteiger partial charge in [0.05, 0.1) is 10.2 Å². The summed E-state index contributed by atoms with van der Waals surface area (Å²) in [6.45, 7) is 7.28. The third kappa shape index (κ3) is 3.51. The van der Waals surface area contributed by atoms with Crippen molar-refractivity contribution >= 4 is 32.6 Å². The maximum Gasteiger partial charge on any atom is 0.251 e. The smallest absolute Gasteiger partial charge is 0.251 e. The van der Waals surface area contributed by atoms with Crippen LogP contribution in [0.3, 0.4) is 0 Å². The number of hydrogen-bond donors (Lipinski definition) is 1. The molecule has 1 aromatic carbocycles. The summed E-state index contributed by atoms with van der Waals surface area (Å²) in [5, 5.41) is 3.96. The molecular weight excluding hydrogens is 332 g/mol. The quantitative estimate of drug-likeness (QED) is 0.912. The van der Waals surface area contributed by atoms with Gasteiger partial charge in [0.1, 0.15) is 0 Å². The zero-order chi connectivity index (χ0) is 17.2. The van der Waals surface area contributed by atoms with Gasteiger partial charge in [-0.15, -0.1) is 0 Å². The second-order valence-corrected chi connectivity index (χ2v) is 8.03. The molecule has 134 valence electrons. The molecule has 3 heterocycles. The van der Waals surface area contributed by atoms with Gasteiger partial charge in [0.15, 0.2) is 5.13 Å². The molecule has 0 bridgehead atoms. The molecule has 2 saturated heterocycles. The molecule has 2 fully saturated rings. The van der Waals surface area contributed by atoms with Gasteiger partial charge in [-0.2, -0.15) is 0 Å².